The normalized spacial score (nSPS) is 13.8. The first-order valence-corrected chi connectivity index (χ1v) is 11.1. The van der Waals surface area contributed by atoms with Gasteiger partial charge in [0.2, 0.25) is 0 Å². The van der Waals surface area contributed by atoms with Crippen LogP contribution in [0.4, 0.5) is 4.79 Å². The lowest BCUT2D eigenvalue weighted by Gasteiger charge is -2.27. The maximum absolute atomic E-state index is 12.6. The lowest BCUT2D eigenvalue weighted by Crippen LogP contribution is -2.53. The summed E-state index contributed by atoms with van der Waals surface area (Å²) in [6.07, 6.45) is -0.884. The molecule has 0 aliphatic rings. The van der Waals surface area contributed by atoms with Crippen molar-refractivity contribution in [1.29, 1.82) is 0 Å². The summed E-state index contributed by atoms with van der Waals surface area (Å²) in [6.45, 7) is 15.0. The second-order valence-corrected chi connectivity index (χ2v) is 10.8. The fourth-order valence-electron chi connectivity index (χ4n) is 2.52. The third kappa shape index (κ3) is 15.9. The fourth-order valence-corrected chi connectivity index (χ4v) is 2.52. The minimum absolute atomic E-state index is 0.108. The van der Waals surface area contributed by atoms with Crippen LogP contribution in [0.1, 0.15) is 88.0 Å². The minimum Gasteiger partial charge on any atom is -0.481 e. The molecule has 0 heterocycles. The van der Waals surface area contributed by atoms with E-state index in [1.807, 2.05) is 0 Å². The molecule has 0 aromatic rings. The van der Waals surface area contributed by atoms with Crippen LogP contribution in [0, 0.1) is 0 Å². The molecule has 2 amide bonds. The smallest absolute Gasteiger partial charge is 0.329 e. The van der Waals surface area contributed by atoms with Crippen LogP contribution in [-0.4, -0.2) is 63.9 Å². The number of carbonyl (C=O) groups is 5. The summed E-state index contributed by atoms with van der Waals surface area (Å²) in [7, 11) is 0. The zero-order chi connectivity index (χ0) is 26.9. The highest BCUT2D eigenvalue weighted by Gasteiger charge is 2.31. The number of carboxylic acids is 1. The third-order valence-electron chi connectivity index (χ3n) is 3.70. The van der Waals surface area contributed by atoms with Crippen LogP contribution in [0.15, 0.2) is 0 Å². The highest BCUT2D eigenvalue weighted by atomic mass is 16.6. The molecule has 0 aliphatic carbocycles. The van der Waals surface area contributed by atoms with E-state index >= 15 is 0 Å². The van der Waals surface area contributed by atoms with E-state index in [4.69, 9.17) is 19.3 Å². The van der Waals surface area contributed by atoms with E-state index in [-0.39, 0.29) is 19.3 Å². The van der Waals surface area contributed by atoms with E-state index in [9.17, 15) is 24.0 Å². The van der Waals surface area contributed by atoms with Crippen LogP contribution in [0.5, 0.6) is 0 Å². The number of hydrogen-bond donors (Lipinski definition) is 3. The molecule has 0 bridgehead atoms. The number of nitrogens with one attached hydrogen (secondary N) is 2. The first kappa shape index (κ1) is 31.1. The number of ether oxygens (including phenoxy) is 3. The molecule has 0 saturated heterocycles. The third-order valence-corrected chi connectivity index (χ3v) is 3.70. The van der Waals surface area contributed by atoms with Gasteiger partial charge in [-0.25, -0.2) is 14.4 Å². The molecule has 11 nitrogen and oxygen atoms in total. The molecule has 0 aliphatic heterocycles. The molecule has 11 heteroatoms. The van der Waals surface area contributed by atoms with Crippen molar-refractivity contribution in [3.8, 4) is 0 Å². The number of carboxylic acid groups (broad SMARTS) is 1. The van der Waals surface area contributed by atoms with E-state index in [2.05, 4.69) is 10.6 Å². The van der Waals surface area contributed by atoms with Crippen molar-refractivity contribution in [3.63, 3.8) is 0 Å². The highest BCUT2D eigenvalue weighted by molar-refractivity contribution is 5.88. The lowest BCUT2D eigenvalue weighted by molar-refractivity contribution is -0.159. The molecule has 34 heavy (non-hydrogen) atoms. The van der Waals surface area contributed by atoms with Crippen molar-refractivity contribution >= 4 is 29.9 Å². The standard InChI is InChI=1S/C23H40N2O9/c1-21(2,3)32-17(28)13-11-15(19(30)34-23(7,8)9)25-20(31)24-14(10-12-16(26)27)18(29)33-22(4,5)6/h14-15H,10-13H2,1-9H3,(H,26,27)(H2,24,25,31)/t14?,15-/m0/s1. The number of rotatable bonds is 10. The topological polar surface area (TPSA) is 157 Å². The lowest BCUT2D eigenvalue weighted by atomic mass is 10.1. The molecule has 196 valence electrons. The van der Waals surface area contributed by atoms with Crippen LogP contribution >= 0.6 is 0 Å². The summed E-state index contributed by atoms with van der Waals surface area (Å²) in [5, 5.41) is 13.7. The molecule has 0 rings (SSSR count). The maximum Gasteiger partial charge on any atom is 0.329 e. The Morgan fingerprint density at radius 2 is 1.00 bits per heavy atom. The van der Waals surface area contributed by atoms with Gasteiger partial charge in [0.25, 0.3) is 0 Å². The Labute approximate surface area is 201 Å². The summed E-state index contributed by atoms with van der Waals surface area (Å²) < 4.78 is 15.8. The van der Waals surface area contributed by atoms with Crippen molar-refractivity contribution < 1.29 is 43.3 Å². The van der Waals surface area contributed by atoms with E-state index in [0.717, 1.165) is 0 Å². The van der Waals surface area contributed by atoms with E-state index in [1.165, 1.54) is 0 Å². The van der Waals surface area contributed by atoms with Crippen molar-refractivity contribution in [3.05, 3.63) is 0 Å². The van der Waals surface area contributed by atoms with Gasteiger partial charge in [0.1, 0.15) is 28.9 Å². The van der Waals surface area contributed by atoms with Gasteiger partial charge in [0.05, 0.1) is 0 Å². The number of esters is 3. The van der Waals surface area contributed by atoms with Gasteiger partial charge in [-0.2, -0.15) is 0 Å². The Morgan fingerprint density at radius 1 is 0.647 bits per heavy atom. The Bertz CT molecular complexity index is 743. The van der Waals surface area contributed by atoms with Gasteiger partial charge < -0.3 is 30.0 Å². The molecule has 0 aromatic carbocycles. The van der Waals surface area contributed by atoms with Crippen LogP contribution < -0.4 is 10.6 Å². The van der Waals surface area contributed by atoms with Gasteiger partial charge in [-0.3, -0.25) is 9.59 Å². The van der Waals surface area contributed by atoms with E-state index < -0.39 is 65.2 Å². The largest absolute Gasteiger partial charge is 0.481 e. The molecule has 0 aromatic heterocycles. The Morgan fingerprint density at radius 3 is 1.32 bits per heavy atom. The van der Waals surface area contributed by atoms with Crippen LogP contribution in [0.3, 0.4) is 0 Å². The molecule has 0 radical (unpaired) electrons. The molecule has 2 atom stereocenters. The van der Waals surface area contributed by atoms with E-state index in [0.29, 0.717) is 0 Å². The van der Waals surface area contributed by atoms with Crippen molar-refractivity contribution in [2.75, 3.05) is 0 Å². The van der Waals surface area contributed by atoms with Gasteiger partial charge in [-0.05, 0) is 75.2 Å². The van der Waals surface area contributed by atoms with Gasteiger partial charge in [0.15, 0.2) is 0 Å². The maximum atomic E-state index is 12.6. The highest BCUT2D eigenvalue weighted by Crippen LogP contribution is 2.14. The molecule has 1 unspecified atom stereocenters. The summed E-state index contributed by atoms with van der Waals surface area (Å²) in [5.74, 6) is -3.30. The average molecular weight is 489 g/mol. The summed E-state index contributed by atoms with van der Waals surface area (Å²) in [6, 6.07) is -3.40. The molecular formula is C23H40N2O9. The Balaban J connectivity index is 5.43. The minimum atomic E-state index is -1.26. The number of aliphatic carboxylic acids is 1. The molecule has 0 fully saturated rings. The molecule has 0 saturated carbocycles. The second kappa shape index (κ2) is 12.6. The molecular weight excluding hydrogens is 448 g/mol. The molecule has 3 N–H and O–H groups in total. The SMILES string of the molecule is CC(C)(C)OC(=O)CC[C@H](NC(=O)NC(CCC(=O)O)C(=O)OC(C)(C)C)C(=O)OC(C)(C)C. The second-order valence-electron chi connectivity index (χ2n) is 10.8. The quantitative estimate of drug-likeness (QED) is 0.310. The number of hydrogen-bond acceptors (Lipinski definition) is 8. The first-order chi connectivity index (χ1) is 15.2. The molecule has 0 spiro atoms. The first-order valence-electron chi connectivity index (χ1n) is 11.1. The zero-order valence-electron chi connectivity index (χ0n) is 21.7. The number of amides is 2. The van der Waals surface area contributed by atoms with Crippen molar-refractivity contribution in [2.24, 2.45) is 0 Å². The predicted octanol–water partition coefficient (Wildman–Crippen LogP) is 2.69. The Hall–Kier alpha value is -2.85. The van der Waals surface area contributed by atoms with Crippen LogP contribution in [0.25, 0.3) is 0 Å². The van der Waals surface area contributed by atoms with Gasteiger partial charge in [-0.15, -0.1) is 0 Å². The Kier molecular flexibility index (Phi) is 11.5. The van der Waals surface area contributed by atoms with Gasteiger partial charge in [-0.1, -0.05) is 0 Å². The van der Waals surface area contributed by atoms with Gasteiger partial charge >= 0.3 is 29.9 Å². The summed E-state index contributed by atoms with van der Waals surface area (Å²) in [5.41, 5.74) is -2.42. The fraction of sp³-hybridized carbons (Fsp3) is 0.783. The van der Waals surface area contributed by atoms with Gasteiger partial charge in [0, 0.05) is 12.8 Å². The van der Waals surface area contributed by atoms with Crippen LogP contribution in [-0.2, 0) is 33.4 Å². The summed E-state index contributed by atoms with van der Waals surface area (Å²) in [4.78, 5) is 60.7. The van der Waals surface area contributed by atoms with Crippen molar-refractivity contribution in [2.45, 2.75) is 117 Å². The van der Waals surface area contributed by atoms with Crippen LogP contribution in [0.2, 0.25) is 0 Å². The predicted molar refractivity (Wildman–Crippen MR) is 123 cm³/mol. The summed E-state index contributed by atoms with van der Waals surface area (Å²) >= 11 is 0. The van der Waals surface area contributed by atoms with E-state index in [1.54, 1.807) is 62.3 Å². The average Bonchev–Trinajstić information content (AvgIpc) is 2.57. The number of carbonyl (C=O) groups excluding carboxylic acids is 4. The zero-order valence-corrected chi connectivity index (χ0v) is 21.7. The number of urea groups is 1. The monoisotopic (exact) mass is 488 g/mol. The van der Waals surface area contributed by atoms with Crippen molar-refractivity contribution in [1.82, 2.24) is 10.6 Å².